The number of likely N-dealkylation sites (tertiary alicyclic amines) is 1. The standard InChI is InChI=1S/C18H23N3O3/c1-13(2)17-20-19-16(24-17)11-21-10-6-9-15(21)18(22)23-12-14-7-4-3-5-8-14/h3-5,7-8,13,15H,6,9-12H2,1-2H3/t15-/m1/s1. The van der Waals surface area contributed by atoms with Crippen molar-refractivity contribution in [3.8, 4) is 0 Å². The topological polar surface area (TPSA) is 68.5 Å². The fourth-order valence-corrected chi connectivity index (χ4v) is 2.84. The van der Waals surface area contributed by atoms with Crippen molar-refractivity contribution < 1.29 is 13.9 Å². The van der Waals surface area contributed by atoms with Crippen molar-refractivity contribution in [2.75, 3.05) is 6.54 Å². The lowest BCUT2D eigenvalue weighted by Gasteiger charge is -2.21. The van der Waals surface area contributed by atoms with Crippen LogP contribution in [0.2, 0.25) is 0 Å². The predicted molar refractivity (Wildman–Crippen MR) is 88.1 cm³/mol. The molecule has 128 valence electrons. The van der Waals surface area contributed by atoms with Crippen molar-refractivity contribution in [1.82, 2.24) is 15.1 Å². The zero-order chi connectivity index (χ0) is 16.9. The van der Waals surface area contributed by atoms with Crippen molar-refractivity contribution in [3.63, 3.8) is 0 Å². The van der Waals surface area contributed by atoms with Crippen LogP contribution in [-0.2, 0) is 22.7 Å². The minimum atomic E-state index is -0.233. The molecule has 1 fully saturated rings. The molecule has 24 heavy (non-hydrogen) atoms. The monoisotopic (exact) mass is 329 g/mol. The van der Waals surface area contributed by atoms with Gasteiger partial charge >= 0.3 is 5.97 Å². The van der Waals surface area contributed by atoms with Gasteiger partial charge in [0.1, 0.15) is 12.6 Å². The molecule has 3 rings (SSSR count). The van der Waals surface area contributed by atoms with Crippen molar-refractivity contribution in [2.45, 2.75) is 51.8 Å². The molecule has 2 heterocycles. The van der Waals surface area contributed by atoms with Gasteiger partial charge in [0.2, 0.25) is 11.8 Å². The highest BCUT2D eigenvalue weighted by atomic mass is 16.5. The Kier molecular flexibility index (Phi) is 5.25. The van der Waals surface area contributed by atoms with Gasteiger partial charge in [0.05, 0.1) is 6.54 Å². The summed E-state index contributed by atoms with van der Waals surface area (Å²) < 4.78 is 11.1. The lowest BCUT2D eigenvalue weighted by atomic mass is 10.2. The average Bonchev–Trinajstić information content (AvgIpc) is 3.23. The summed E-state index contributed by atoms with van der Waals surface area (Å²) in [4.78, 5) is 14.5. The van der Waals surface area contributed by atoms with Crippen LogP contribution in [0.1, 0.15) is 50.0 Å². The number of hydrogen-bond donors (Lipinski definition) is 0. The Labute approximate surface area is 141 Å². The maximum atomic E-state index is 12.4. The van der Waals surface area contributed by atoms with E-state index in [1.807, 2.05) is 44.2 Å². The summed E-state index contributed by atoms with van der Waals surface area (Å²) >= 11 is 0. The highest BCUT2D eigenvalue weighted by molar-refractivity contribution is 5.76. The molecule has 0 aliphatic carbocycles. The third-order valence-corrected chi connectivity index (χ3v) is 4.17. The zero-order valence-electron chi connectivity index (χ0n) is 14.1. The van der Waals surface area contributed by atoms with Crippen LogP contribution in [0.15, 0.2) is 34.7 Å². The summed E-state index contributed by atoms with van der Waals surface area (Å²) in [6, 6.07) is 9.49. The average molecular weight is 329 g/mol. The van der Waals surface area contributed by atoms with Crippen LogP contribution < -0.4 is 0 Å². The summed E-state index contributed by atoms with van der Waals surface area (Å²) in [5.41, 5.74) is 0.994. The molecule has 2 aromatic rings. The summed E-state index contributed by atoms with van der Waals surface area (Å²) in [6.45, 7) is 5.66. The van der Waals surface area contributed by atoms with Crippen LogP contribution in [0.5, 0.6) is 0 Å². The van der Waals surface area contributed by atoms with E-state index < -0.39 is 0 Å². The van der Waals surface area contributed by atoms with Crippen molar-refractivity contribution in [1.29, 1.82) is 0 Å². The molecule has 0 spiro atoms. The molecule has 1 aromatic carbocycles. The molecule has 6 heteroatoms. The van der Waals surface area contributed by atoms with E-state index in [1.54, 1.807) is 0 Å². The minimum Gasteiger partial charge on any atom is -0.460 e. The van der Waals surface area contributed by atoms with Gasteiger partial charge in [0.15, 0.2) is 0 Å². The molecule has 0 saturated carbocycles. The molecular weight excluding hydrogens is 306 g/mol. The quantitative estimate of drug-likeness (QED) is 0.759. The maximum Gasteiger partial charge on any atom is 0.323 e. The van der Waals surface area contributed by atoms with Gasteiger partial charge in [-0.2, -0.15) is 0 Å². The van der Waals surface area contributed by atoms with Crippen LogP contribution in [-0.4, -0.2) is 33.7 Å². The number of rotatable bonds is 6. The number of ether oxygens (including phenoxy) is 1. The first-order chi connectivity index (χ1) is 11.6. The number of carbonyl (C=O) groups is 1. The van der Waals surface area contributed by atoms with Gasteiger partial charge in [-0.3, -0.25) is 9.69 Å². The highest BCUT2D eigenvalue weighted by Gasteiger charge is 2.33. The number of hydrogen-bond acceptors (Lipinski definition) is 6. The number of carbonyl (C=O) groups excluding carboxylic acids is 1. The Morgan fingerprint density at radius 3 is 2.83 bits per heavy atom. The predicted octanol–water partition coefficient (Wildman–Crippen LogP) is 2.90. The molecule has 0 N–H and O–H groups in total. The second-order valence-corrected chi connectivity index (χ2v) is 6.41. The van der Waals surface area contributed by atoms with Crippen molar-refractivity contribution >= 4 is 5.97 Å². The second kappa shape index (κ2) is 7.57. The molecule has 0 bridgehead atoms. The first-order valence-corrected chi connectivity index (χ1v) is 8.40. The molecule has 0 unspecified atom stereocenters. The second-order valence-electron chi connectivity index (χ2n) is 6.41. The third kappa shape index (κ3) is 4.00. The van der Waals surface area contributed by atoms with E-state index in [1.165, 1.54) is 0 Å². The molecule has 1 saturated heterocycles. The normalized spacial score (nSPS) is 18.2. The van der Waals surface area contributed by atoms with Crippen LogP contribution >= 0.6 is 0 Å². The number of benzene rings is 1. The summed E-state index contributed by atoms with van der Waals surface area (Å²) in [7, 11) is 0. The Morgan fingerprint density at radius 1 is 1.33 bits per heavy atom. The van der Waals surface area contributed by atoms with E-state index >= 15 is 0 Å². The van der Waals surface area contributed by atoms with E-state index in [2.05, 4.69) is 15.1 Å². The van der Waals surface area contributed by atoms with Gasteiger partial charge in [-0.15, -0.1) is 10.2 Å². The van der Waals surface area contributed by atoms with Gasteiger partial charge in [-0.1, -0.05) is 44.2 Å². The van der Waals surface area contributed by atoms with Crippen molar-refractivity contribution in [3.05, 3.63) is 47.7 Å². The Hall–Kier alpha value is -2.21. The van der Waals surface area contributed by atoms with Gasteiger partial charge < -0.3 is 9.15 Å². The number of nitrogens with zero attached hydrogens (tertiary/aromatic N) is 3. The maximum absolute atomic E-state index is 12.4. The molecule has 0 amide bonds. The van der Waals surface area contributed by atoms with E-state index in [-0.39, 0.29) is 17.9 Å². The largest absolute Gasteiger partial charge is 0.460 e. The molecule has 1 atom stereocenters. The highest BCUT2D eigenvalue weighted by Crippen LogP contribution is 2.22. The first-order valence-electron chi connectivity index (χ1n) is 8.40. The molecule has 6 nitrogen and oxygen atoms in total. The molecule has 1 aliphatic heterocycles. The Morgan fingerprint density at radius 2 is 2.12 bits per heavy atom. The SMILES string of the molecule is CC(C)c1nnc(CN2CCC[C@@H]2C(=O)OCc2ccccc2)o1. The molecule has 0 radical (unpaired) electrons. The summed E-state index contributed by atoms with van der Waals surface area (Å²) in [5, 5.41) is 8.12. The first kappa shape index (κ1) is 16.6. The van der Waals surface area contributed by atoms with Crippen LogP contribution in [0.25, 0.3) is 0 Å². The van der Waals surface area contributed by atoms with Gasteiger partial charge in [-0.05, 0) is 24.9 Å². The fourth-order valence-electron chi connectivity index (χ4n) is 2.84. The van der Waals surface area contributed by atoms with E-state index in [0.717, 1.165) is 24.9 Å². The lowest BCUT2D eigenvalue weighted by Crippen LogP contribution is -2.36. The van der Waals surface area contributed by atoms with Gasteiger partial charge in [0.25, 0.3) is 0 Å². The van der Waals surface area contributed by atoms with Crippen molar-refractivity contribution in [2.24, 2.45) is 0 Å². The third-order valence-electron chi connectivity index (χ3n) is 4.17. The summed E-state index contributed by atoms with van der Waals surface area (Å²) in [5.74, 6) is 1.21. The van der Waals surface area contributed by atoms with E-state index in [9.17, 15) is 4.79 Å². The lowest BCUT2D eigenvalue weighted by molar-refractivity contribution is -0.150. The zero-order valence-corrected chi connectivity index (χ0v) is 14.1. The Bertz CT molecular complexity index is 669. The molecular formula is C18H23N3O3. The van der Waals surface area contributed by atoms with Gasteiger partial charge in [-0.25, -0.2) is 0 Å². The van der Waals surface area contributed by atoms with E-state index in [0.29, 0.717) is 24.9 Å². The Balaban J connectivity index is 1.57. The van der Waals surface area contributed by atoms with Crippen LogP contribution in [0, 0.1) is 0 Å². The van der Waals surface area contributed by atoms with Gasteiger partial charge in [0, 0.05) is 5.92 Å². The fraction of sp³-hybridized carbons (Fsp3) is 0.500. The van der Waals surface area contributed by atoms with Crippen LogP contribution in [0.3, 0.4) is 0 Å². The van der Waals surface area contributed by atoms with E-state index in [4.69, 9.17) is 9.15 Å². The summed E-state index contributed by atoms with van der Waals surface area (Å²) in [6.07, 6.45) is 1.77. The van der Waals surface area contributed by atoms with Crippen LogP contribution in [0.4, 0.5) is 0 Å². The molecule has 1 aliphatic rings. The molecule has 1 aromatic heterocycles. The number of aromatic nitrogens is 2. The number of esters is 1. The smallest absolute Gasteiger partial charge is 0.323 e. The minimum absolute atomic E-state index is 0.181.